The molecule has 0 saturated heterocycles. The van der Waals surface area contributed by atoms with Crippen molar-refractivity contribution in [2.24, 2.45) is 0 Å². The van der Waals surface area contributed by atoms with Gasteiger partial charge in [-0.3, -0.25) is 4.79 Å². The number of carboxylic acids is 1. The van der Waals surface area contributed by atoms with Crippen LogP contribution >= 0.6 is 0 Å². The summed E-state index contributed by atoms with van der Waals surface area (Å²) in [6, 6.07) is 8.65. The van der Waals surface area contributed by atoms with Gasteiger partial charge in [0.15, 0.2) is 5.76 Å². The Labute approximate surface area is 127 Å². The van der Waals surface area contributed by atoms with E-state index in [-0.39, 0.29) is 17.2 Å². The van der Waals surface area contributed by atoms with Crippen molar-refractivity contribution in [1.29, 1.82) is 0 Å². The van der Waals surface area contributed by atoms with Crippen molar-refractivity contribution in [2.45, 2.75) is 13.5 Å². The molecule has 1 aromatic heterocycles. The minimum absolute atomic E-state index is 0.00540. The number of aromatic carboxylic acids is 1. The molecule has 1 amide bonds. The highest BCUT2D eigenvalue weighted by Gasteiger charge is 2.18. The first-order valence-corrected chi connectivity index (χ1v) is 6.80. The molecule has 6 heteroatoms. The molecule has 0 aliphatic heterocycles. The Morgan fingerprint density at radius 3 is 2.50 bits per heavy atom. The van der Waals surface area contributed by atoms with E-state index in [9.17, 15) is 9.59 Å². The van der Waals surface area contributed by atoms with E-state index >= 15 is 0 Å². The minimum Gasteiger partial charge on any atom is -0.494 e. The van der Waals surface area contributed by atoms with Crippen LogP contribution in [0.4, 0.5) is 0 Å². The van der Waals surface area contributed by atoms with Crippen molar-refractivity contribution in [3.63, 3.8) is 0 Å². The summed E-state index contributed by atoms with van der Waals surface area (Å²) in [5.41, 5.74) is 0.891. The zero-order chi connectivity index (χ0) is 16.1. The Morgan fingerprint density at radius 2 is 1.95 bits per heavy atom. The average Bonchev–Trinajstić information content (AvgIpc) is 2.99. The average molecular weight is 303 g/mol. The first-order valence-electron chi connectivity index (χ1n) is 6.80. The van der Waals surface area contributed by atoms with Gasteiger partial charge in [0.2, 0.25) is 0 Å². The molecule has 0 radical (unpaired) electrons. The topological polar surface area (TPSA) is 80.0 Å². The van der Waals surface area contributed by atoms with Gasteiger partial charge >= 0.3 is 5.97 Å². The third-order valence-electron chi connectivity index (χ3n) is 3.06. The molecule has 6 nitrogen and oxygen atoms in total. The summed E-state index contributed by atoms with van der Waals surface area (Å²) in [6.07, 6.45) is 1.06. The van der Waals surface area contributed by atoms with Gasteiger partial charge in [-0.05, 0) is 24.6 Å². The van der Waals surface area contributed by atoms with Crippen molar-refractivity contribution >= 4 is 11.9 Å². The Kier molecular flexibility index (Phi) is 4.83. The second kappa shape index (κ2) is 6.80. The second-order valence-corrected chi connectivity index (χ2v) is 4.74. The van der Waals surface area contributed by atoms with Crippen LogP contribution in [0.3, 0.4) is 0 Å². The summed E-state index contributed by atoms with van der Waals surface area (Å²) >= 11 is 0. The summed E-state index contributed by atoms with van der Waals surface area (Å²) in [5.74, 6) is -0.721. The van der Waals surface area contributed by atoms with E-state index in [0.29, 0.717) is 13.2 Å². The molecule has 0 aliphatic carbocycles. The number of nitrogens with zero attached hydrogens (tertiary/aromatic N) is 1. The first kappa shape index (κ1) is 15.6. The largest absolute Gasteiger partial charge is 0.494 e. The Morgan fingerprint density at radius 1 is 1.27 bits per heavy atom. The SMILES string of the molecule is CCOc1ccc(CN(C)C(=O)c2cc(C(=O)O)co2)cc1. The Balaban J connectivity index is 2.02. The highest BCUT2D eigenvalue weighted by Crippen LogP contribution is 2.15. The van der Waals surface area contributed by atoms with Crippen molar-refractivity contribution < 1.29 is 23.8 Å². The molecule has 1 heterocycles. The normalized spacial score (nSPS) is 10.3. The van der Waals surface area contributed by atoms with Gasteiger partial charge in [0.1, 0.15) is 12.0 Å². The summed E-state index contributed by atoms with van der Waals surface area (Å²) in [4.78, 5) is 24.4. The van der Waals surface area contributed by atoms with E-state index in [1.54, 1.807) is 7.05 Å². The summed E-state index contributed by atoms with van der Waals surface area (Å²) in [6.45, 7) is 2.89. The predicted molar refractivity (Wildman–Crippen MR) is 79.1 cm³/mol. The number of hydrogen-bond donors (Lipinski definition) is 1. The molecule has 0 bridgehead atoms. The van der Waals surface area contributed by atoms with Crippen molar-refractivity contribution in [3.8, 4) is 5.75 Å². The molecule has 0 fully saturated rings. The highest BCUT2D eigenvalue weighted by molar-refractivity contribution is 5.95. The van der Waals surface area contributed by atoms with Gasteiger partial charge < -0.3 is 19.2 Å². The van der Waals surface area contributed by atoms with E-state index in [1.165, 1.54) is 11.0 Å². The van der Waals surface area contributed by atoms with Crippen LogP contribution < -0.4 is 4.74 Å². The van der Waals surface area contributed by atoms with Gasteiger partial charge in [0.25, 0.3) is 5.91 Å². The van der Waals surface area contributed by atoms with Gasteiger partial charge in [0.05, 0.1) is 12.2 Å². The second-order valence-electron chi connectivity index (χ2n) is 4.74. The molecule has 1 N–H and O–H groups in total. The van der Waals surface area contributed by atoms with E-state index < -0.39 is 5.97 Å². The van der Waals surface area contributed by atoms with Gasteiger partial charge in [-0.25, -0.2) is 4.79 Å². The van der Waals surface area contributed by atoms with Gasteiger partial charge in [-0.1, -0.05) is 12.1 Å². The molecule has 2 rings (SSSR count). The number of furan rings is 1. The first-order chi connectivity index (χ1) is 10.5. The molecule has 22 heavy (non-hydrogen) atoms. The Bertz CT molecular complexity index is 659. The zero-order valence-corrected chi connectivity index (χ0v) is 12.4. The number of carbonyl (C=O) groups excluding carboxylic acids is 1. The lowest BCUT2D eigenvalue weighted by Gasteiger charge is -2.16. The molecule has 2 aromatic rings. The number of amides is 1. The van der Waals surface area contributed by atoms with E-state index in [0.717, 1.165) is 17.6 Å². The lowest BCUT2D eigenvalue weighted by atomic mass is 10.2. The van der Waals surface area contributed by atoms with Crippen LogP contribution in [0.1, 0.15) is 33.4 Å². The molecule has 0 atom stereocenters. The smallest absolute Gasteiger partial charge is 0.338 e. The maximum atomic E-state index is 12.2. The standard InChI is InChI=1S/C16H17NO5/c1-3-21-13-6-4-11(5-7-13)9-17(2)15(18)14-8-12(10-22-14)16(19)20/h4-8,10H,3,9H2,1-2H3,(H,19,20). The van der Waals surface area contributed by atoms with Crippen LogP contribution in [0.25, 0.3) is 0 Å². The summed E-state index contributed by atoms with van der Waals surface area (Å²) in [7, 11) is 1.63. The Hall–Kier alpha value is -2.76. The highest BCUT2D eigenvalue weighted by atomic mass is 16.5. The number of ether oxygens (including phenoxy) is 1. The fourth-order valence-corrected chi connectivity index (χ4v) is 1.95. The van der Waals surface area contributed by atoms with Crippen LogP contribution in [-0.4, -0.2) is 35.5 Å². The summed E-state index contributed by atoms with van der Waals surface area (Å²) < 4.78 is 10.4. The number of rotatable bonds is 6. The number of hydrogen-bond acceptors (Lipinski definition) is 4. The fourth-order valence-electron chi connectivity index (χ4n) is 1.95. The number of carbonyl (C=O) groups is 2. The third-order valence-corrected chi connectivity index (χ3v) is 3.06. The van der Waals surface area contributed by atoms with Crippen LogP contribution in [-0.2, 0) is 6.54 Å². The van der Waals surface area contributed by atoms with Crippen LogP contribution in [0.5, 0.6) is 5.75 Å². The molecule has 0 spiro atoms. The molecule has 0 saturated carbocycles. The number of benzene rings is 1. The van der Waals surface area contributed by atoms with Gasteiger partial charge in [-0.2, -0.15) is 0 Å². The minimum atomic E-state index is -1.13. The molecule has 0 unspecified atom stereocenters. The summed E-state index contributed by atoms with van der Waals surface area (Å²) in [5, 5.41) is 8.83. The van der Waals surface area contributed by atoms with Crippen molar-refractivity contribution in [1.82, 2.24) is 4.90 Å². The van der Waals surface area contributed by atoms with Crippen LogP contribution in [0.15, 0.2) is 41.0 Å². The van der Waals surface area contributed by atoms with E-state index in [2.05, 4.69) is 0 Å². The third kappa shape index (κ3) is 3.66. The van der Waals surface area contributed by atoms with Crippen molar-refractivity contribution in [3.05, 3.63) is 53.5 Å². The molecule has 1 aromatic carbocycles. The molecule has 0 aliphatic rings. The fraction of sp³-hybridized carbons (Fsp3) is 0.250. The van der Waals surface area contributed by atoms with Crippen molar-refractivity contribution in [2.75, 3.05) is 13.7 Å². The van der Waals surface area contributed by atoms with Gasteiger partial charge in [-0.15, -0.1) is 0 Å². The maximum Gasteiger partial charge on any atom is 0.338 e. The van der Waals surface area contributed by atoms with Gasteiger partial charge in [0, 0.05) is 19.7 Å². The number of carboxylic acid groups (broad SMARTS) is 1. The monoisotopic (exact) mass is 303 g/mol. The van der Waals surface area contributed by atoms with E-state index in [1.807, 2.05) is 31.2 Å². The molecule has 116 valence electrons. The quantitative estimate of drug-likeness (QED) is 0.887. The van der Waals surface area contributed by atoms with Crippen LogP contribution in [0, 0.1) is 0 Å². The van der Waals surface area contributed by atoms with Crippen LogP contribution in [0.2, 0.25) is 0 Å². The predicted octanol–water partition coefficient (Wildman–Crippen LogP) is 2.65. The maximum absolute atomic E-state index is 12.2. The molecular weight excluding hydrogens is 286 g/mol. The lowest BCUT2D eigenvalue weighted by Crippen LogP contribution is -2.25. The zero-order valence-electron chi connectivity index (χ0n) is 12.4. The lowest BCUT2D eigenvalue weighted by molar-refractivity contribution is 0.0695. The van der Waals surface area contributed by atoms with E-state index in [4.69, 9.17) is 14.3 Å². The molecular formula is C16H17NO5.